The molecule has 2 aliphatic heterocycles. The van der Waals surface area contributed by atoms with Crippen LogP contribution in [0, 0.1) is 11.8 Å². The molecule has 0 N–H and O–H groups in total. The highest BCUT2D eigenvalue weighted by Crippen LogP contribution is 2.35. The number of morpholine rings is 1. The summed E-state index contributed by atoms with van der Waals surface area (Å²) in [5, 5.41) is 0. The number of nitrogens with zero attached hydrogens (tertiary/aromatic N) is 5. The molecule has 0 bridgehead atoms. The number of urea groups is 1. The summed E-state index contributed by atoms with van der Waals surface area (Å²) < 4.78 is 23.6. The van der Waals surface area contributed by atoms with Crippen LogP contribution in [0.2, 0.25) is 0 Å². The van der Waals surface area contributed by atoms with Gasteiger partial charge in [0.25, 0.3) is 11.8 Å². The van der Waals surface area contributed by atoms with Gasteiger partial charge in [0.1, 0.15) is 30.8 Å². The standard InChI is InChI=1S/C46H45N5O7/c1-46(2,3)58-45(54)51-40(37-20-16-33(17-21-37)14-15-34-18-22-38(23-19-34)43(52)49-24-26-55-27-25-49)29-50(44(51)53)28-39-41(56-30-35-10-6-4-7-11-35)42(48-32-47-39)57-31-36-12-8-5-9-13-36/h4-13,16-23,32,40H,24-31H2,1-3H3. The minimum Gasteiger partial charge on any atom is -0.482 e. The van der Waals surface area contributed by atoms with E-state index in [1.54, 1.807) is 42.7 Å². The number of imide groups is 1. The molecule has 0 spiro atoms. The summed E-state index contributed by atoms with van der Waals surface area (Å²) in [5.74, 6) is 6.87. The molecular formula is C46H45N5O7. The quantitative estimate of drug-likeness (QED) is 0.133. The number of amides is 4. The highest BCUT2D eigenvalue weighted by molar-refractivity contribution is 5.94. The Morgan fingerprint density at radius 3 is 1.97 bits per heavy atom. The van der Waals surface area contributed by atoms with Crippen molar-refractivity contribution in [3.05, 3.63) is 155 Å². The van der Waals surface area contributed by atoms with Crippen LogP contribution in [0.3, 0.4) is 0 Å². The van der Waals surface area contributed by atoms with Crippen molar-refractivity contribution in [3.63, 3.8) is 0 Å². The molecule has 7 rings (SSSR count). The fourth-order valence-corrected chi connectivity index (χ4v) is 6.52. The number of benzene rings is 4. The Kier molecular flexibility index (Phi) is 12.3. The van der Waals surface area contributed by atoms with Crippen LogP contribution < -0.4 is 9.47 Å². The number of rotatable bonds is 10. The second-order valence-corrected chi connectivity index (χ2v) is 14.9. The fourth-order valence-electron chi connectivity index (χ4n) is 6.52. The van der Waals surface area contributed by atoms with E-state index in [-0.39, 0.29) is 38.1 Å². The van der Waals surface area contributed by atoms with Crippen molar-refractivity contribution in [1.29, 1.82) is 0 Å². The summed E-state index contributed by atoms with van der Waals surface area (Å²) in [7, 11) is 0. The molecule has 3 heterocycles. The zero-order chi connectivity index (χ0) is 40.5. The lowest BCUT2D eigenvalue weighted by molar-refractivity contribution is 0.0292. The van der Waals surface area contributed by atoms with Crippen molar-refractivity contribution < 1.29 is 33.3 Å². The van der Waals surface area contributed by atoms with E-state index in [1.165, 1.54) is 6.33 Å². The van der Waals surface area contributed by atoms with Gasteiger partial charge in [-0.05, 0) is 73.9 Å². The topological polar surface area (TPSA) is 124 Å². The van der Waals surface area contributed by atoms with E-state index >= 15 is 0 Å². The first kappa shape index (κ1) is 39.5. The predicted octanol–water partition coefficient (Wildman–Crippen LogP) is 7.42. The van der Waals surface area contributed by atoms with Crippen LogP contribution in [0.1, 0.15) is 70.7 Å². The Hall–Kier alpha value is -6.71. The Balaban J connectivity index is 1.10. The molecule has 1 unspecified atom stereocenters. The van der Waals surface area contributed by atoms with Crippen LogP contribution in [-0.2, 0) is 29.2 Å². The highest BCUT2D eigenvalue weighted by atomic mass is 16.6. The van der Waals surface area contributed by atoms with Gasteiger partial charge in [-0.15, -0.1) is 0 Å². The number of hydrogen-bond donors (Lipinski definition) is 0. The number of carbonyl (C=O) groups excluding carboxylic acids is 3. The zero-order valence-corrected chi connectivity index (χ0v) is 32.8. The third-order valence-corrected chi connectivity index (χ3v) is 9.48. The van der Waals surface area contributed by atoms with Crippen LogP contribution in [0.4, 0.5) is 9.59 Å². The molecule has 4 amide bonds. The van der Waals surface area contributed by atoms with Gasteiger partial charge in [0.2, 0.25) is 5.75 Å². The predicted molar refractivity (Wildman–Crippen MR) is 216 cm³/mol. The minimum atomic E-state index is -0.834. The molecule has 12 nitrogen and oxygen atoms in total. The SMILES string of the molecule is CC(C)(C)OC(=O)N1C(=O)N(Cc2ncnc(OCc3ccccc3)c2OCc2ccccc2)CC1c1ccc(C#Cc2ccc(C(=O)N3CCOCC3)cc2)cc1. The molecule has 58 heavy (non-hydrogen) atoms. The zero-order valence-electron chi connectivity index (χ0n) is 32.8. The van der Waals surface area contributed by atoms with Crippen LogP contribution >= 0.6 is 0 Å². The van der Waals surface area contributed by atoms with Crippen LogP contribution in [-0.4, -0.2) is 81.1 Å². The van der Waals surface area contributed by atoms with E-state index in [0.29, 0.717) is 43.3 Å². The van der Waals surface area contributed by atoms with Crippen LogP contribution in [0.25, 0.3) is 0 Å². The Morgan fingerprint density at radius 2 is 1.36 bits per heavy atom. The van der Waals surface area contributed by atoms with E-state index in [9.17, 15) is 14.4 Å². The molecule has 0 radical (unpaired) electrons. The Labute approximate surface area is 338 Å². The molecular weight excluding hydrogens is 735 g/mol. The van der Waals surface area contributed by atoms with Gasteiger partial charge in [-0.25, -0.2) is 19.5 Å². The molecule has 1 aromatic heterocycles. The lowest BCUT2D eigenvalue weighted by Gasteiger charge is -2.26. The molecule has 2 fully saturated rings. The third kappa shape index (κ3) is 9.99. The van der Waals surface area contributed by atoms with Crippen molar-refractivity contribution >= 4 is 18.0 Å². The van der Waals surface area contributed by atoms with E-state index in [2.05, 4.69) is 21.8 Å². The lowest BCUT2D eigenvalue weighted by Crippen LogP contribution is -2.40. The highest BCUT2D eigenvalue weighted by Gasteiger charge is 2.44. The summed E-state index contributed by atoms with van der Waals surface area (Å²) in [6.45, 7) is 8.19. The van der Waals surface area contributed by atoms with Gasteiger partial charge in [-0.1, -0.05) is 84.6 Å². The van der Waals surface area contributed by atoms with Gasteiger partial charge in [0, 0.05) is 36.3 Å². The number of carbonyl (C=O) groups is 3. The van der Waals surface area contributed by atoms with Gasteiger partial charge in [0.05, 0.1) is 25.8 Å². The summed E-state index contributed by atoms with van der Waals surface area (Å²) in [5.41, 5.74) is 4.32. The Bertz CT molecular complexity index is 2260. The summed E-state index contributed by atoms with van der Waals surface area (Å²) >= 11 is 0. The average Bonchev–Trinajstić information content (AvgIpc) is 3.57. The molecule has 5 aromatic rings. The molecule has 12 heteroatoms. The fraction of sp³-hybridized carbons (Fsp3) is 0.283. The monoisotopic (exact) mass is 779 g/mol. The van der Waals surface area contributed by atoms with Gasteiger partial charge in [0.15, 0.2) is 0 Å². The smallest absolute Gasteiger partial charge is 0.419 e. The van der Waals surface area contributed by atoms with Crippen LogP contribution in [0.15, 0.2) is 116 Å². The maximum Gasteiger partial charge on any atom is 0.419 e. The van der Waals surface area contributed by atoms with Crippen molar-refractivity contribution in [2.45, 2.75) is 52.2 Å². The maximum absolute atomic E-state index is 14.2. The van der Waals surface area contributed by atoms with E-state index in [4.69, 9.17) is 18.9 Å². The Morgan fingerprint density at radius 1 is 0.776 bits per heavy atom. The van der Waals surface area contributed by atoms with Gasteiger partial charge < -0.3 is 28.7 Å². The van der Waals surface area contributed by atoms with Gasteiger partial charge in [-0.3, -0.25) is 4.79 Å². The molecule has 2 aliphatic rings. The second-order valence-electron chi connectivity index (χ2n) is 14.9. The van der Waals surface area contributed by atoms with Gasteiger partial charge >= 0.3 is 12.1 Å². The largest absolute Gasteiger partial charge is 0.482 e. The van der Waals surface area contributed by atoms with Crippen molar-refractivity contribution in [2.24, 2.45) is 0 Å². The second kappa shape index (κ2) is 18.0. The number of hydrogen-bond acceptors (Lipinski definition) is 9. The first-order valence-electron chi connectivity index (χ1n) is 19.2. The van der Waals surface area contributed by atoms with Crippen molar-refractivity contribution in [2.75, 3.05) is 32.8 Å². The van der Waals surface area contributed by atoms with Gasteiger partial charge in [-0.2, -0.15) is 4.98 Å². The maximum atomic E-state index is 14.2. The first-order chi connectivity index (χ1) is 28.1. The third-order valence-electron chi connectivity index (χ3n) is 9.48. The molecule has 2 saturated heterocycles. The van der Waals surface area contributed by atoms with E-state index in [1.807, 2.05) is 97.1 Å². The molecule has 0 saturated carbocycles. The first-order valence-corrected chi connectivity index (χ1v) is 19.2. The van der Waals surface area contributed by atoms with E-state index in [0.717, 1.165) is 32.7 Å². The summed E-state index contributed by atoms with van der Waals surface area (Å²) in [4.78, 5) is 54.1. The van der Waals surface area contributed by atoms with Crippen molar-refractivity contribution in [1.82, 2.24) is 24.7 Å². The lowest BCUT2D eigenvalue weighted by atomic mass is 10.0. The molecule has 296 valence electrons. The molecule has 0 aliphatic carbocycles. The normalized spacial score (nSPS) is 15.4. The van der Waals surface area contributed by atoms with Crippen molar-refractivity contribution in [3.8, 4) is 23.5 Å². The van der Waals surface area contributed by atoms with Crippen LogP contribution in [0.5, 0.6) is 11.6 Å². The summed E-state index contributed by atoms with van der Waals surface area (Å²) in [6, 6.07) is 32.9. The minimum absolute atomic E-state index is 0.0172. The molecule has 4 aromatic carbocycles. The molecule has 1 atom stereocenters. The average molecular weight is 780 g/mol. The summed E-state index contributed by atoms with van der Waals surface area (Å²) in [6.07, 6.45) is 0.632. The number of ether oxygens (including phenoxy) is 4. The number of aromatic nitrogens is 2. The van der Waals surface area contributed by atoms with E-state index < -0.39 is 23.8 Å².